The summed E-state index contributed by atoms with van der Waals surface area (Å²) in [7, 11) is 2.00. The molecule has 1 aliphatic heterocycles. The number of benzene rings is 3. The zero-order valence-electron chi connectivity index (χ0n) is 29.5. The minimum absolute atomic E-state index is 0.0103. The Morgan fingerprint density at radius 1 is 0.891 bits per heavy atom. The molecular formula is C37H37F6N7O5. The van der Waals surface area contributed by atoms with Crippen molar-refractivity contribution in [2.75, 3.05) is 43.9 Å². The van der Waals surface area contributed by atoms with Gasteiger partial charge in [0.15, 0.2) is 11.6 Å². The Balaban J connectivity index is 1.44. The Morgan fingerprint density at radius 3 is 2.31 bits per heavy atom. The quantitative estimate of drug-likeness (QED) is 0.0823. The number of fused-ring (bicyclic) bond motifs is 1. The van der Waals surface area contributed by atoms with Crippen LogP contribution in [0.4, 0.5) is 38.0 Å². The van der Waals surface area contributed by atoms with E-state index in [4.69, 9.17) is 4.74 Å². The number of aliphatic hydroxyl groups excluding tert-OH is 3. The SMILES string of the molecule is Cc1cc(C(F)(F)F)cc(Oc2ccc3c(-c4ccc(C(F)(F)F)cc4O)nnc(NC[C@H](O)CO)c3c2)c1-c1cc(CO)c(N[C@@H]2CCCN(C)C2)nn1. The molecule has 18 heteroatoms. The molecule has 5 aromatic rings. The predicted molar refractivity (Wildman–Crippen MR) is 191 cm³/mol. The molecule has 1 fully saturated rings. The van der Waals surface area contributed by atoms with Crippen molar-refractivity contribution >= 4 is 22.4 Å². The second kappa shape index (κ2) is 15.8. The molecule has 55 heavy (non-hydrogen) atoms. The summed E-state index contributed by atoms with van der Waals surface area (Å²) in [6.07, 6.45) is -8.87. The van der Waals surface area contributed by atoms with E-state index < -0.39 is 48.5 Å². The number of likely N-dealkylation sites (tertiary alicyclic amines) is 1. The van der Waals surface area contributed by atoms with Gasteiger partial charge in [-0.2, -0.15) is 26.3 Å². The number of nitrogens with zero attached hydrogens (tertiary/aromatic N) is 5. The van der Waals surface area contributed by atoms with Crippen LogP contribution in [0.1, 0.15) is 35.1 Å². The number of alkyl halides is 6. The Morgan fingerprint density at radius 2 is 1.64 bits per heavy atom. The van der Waals surface area contributed by atoms with Crippen molar-refractivity contribution in [2.45, 2.75) is 50.9 Å². The number of phenolic OH excluding ortho intramolecular Hbond substituents is 1. The lowest BCUT2D eigenvalue weighted by Crippen LogP contribution is -2.40. The first-order chi connectivity index (χ1) is 26.0. The highest BCUT2D eigenvalue weighted by molar-refractivity contribution is 6.01. The third-order valence-corrected chi connectivity index (χ3v) is 9.17. The van der Waals surface area contributed by atoms with Crippen molar-refractivity contribution in [3.63, 3.8) is 0 Å². The summed E-state index contributed by atoms with van der Waals surface area (Å²) in [6, 6.07) is 9.88. The largest absolute Gasteiger partial charge is 0.507 e. The molecule has 0 radical (unpaired) electrons. The van der Waals surface area contributed by atoms with Gasteiger partial charge in [0, 0.05) is 46.6 Å². The lowest BCUT2D eigenvalue weighted by molar-refractivity contribution is -0.138. The number of hydrogen-bond acceptors (Lipinski definition) is 12. The third-order valence-electron chi connectivity index (χ3n) is 9.17. The van der Waals surface area contributed by atoms with Gasteiger partial charge in [-0.3, -0.25) is 0 Å². The molecule has 1 aliphatic rings. The van der Waals surface area contributed by atoms with Crippen molar-refractivity contribution in [2.24, 2.45) is 0 Å². The van der Waals surface area contributed by atoms with Crippen LogP contribution in [0.15, 0.2) is 54.6 Å². The highest BCUT2D eigenvalue weighted by Gasteiger charge is 2.34. The summed E-state index contributed by atoms with van der Waals surface area (Å²) in [5.74, 6) is -0.636. The highest BCUT2D eigenvalue weighted by Crippen LogP contribution is 2.43. The lowest BCUT2D eigenvalue weighted by atomic mass is 9.99. The number of piperidine rings is 1. The fourth-order valence-corrected chi connectivity index (χ4v) is 6.44. The molecule has 0 unspecified atom stereocenters. The van der Waals surface area contributed by atoms with Crippen molar-refractivity contribution < 1.29 is 51.5 Å². The normalized spacial score (nSPS) is 15.9. The number of aryl methyl sites for hydroxylation is 1. The number of nitrogens with one attached hydrogen (secondary N) is 2. The molecule has 0 aliphatic carbocycles. The van der Waals surface area contributed by atoms with E-state index in [1.54, 1.807) is 0 Å². The summed E-state index contributed by atoms with van der Waals surface area (Å²) in [6.45, 7) is 1.90. The average Bonchev–Trinajstić information content (AvgIpc) is 3.13. The molecule has 3 aromatic carbocycles. The minimum atomic E-state index is -4.76. The molecule has 292 valence electrons. The monoisotopic (exact) mass is 773 g/mol. The zero-order valence-corrected chi connectivity index (χ0v) is 29.5. The minimum Gasteiger partial charge on any atom is -0.507 e. The standard InChI is InChI=1S/C37H37F6N7O5/c1-19-10-22(37(41,42)43)13-31(32(19)29-11-20(17-51)34(48-46-29)45-23-4-3-9-50(2)16-23)55-25-6-8-26-28(14-25)35(44-15-24(53)18-52)49-47-33(26)27-7-5-21(12-30(27)54)36(38,39)40/h5-8,10-14,23-24,51-54H,3-4,9,15-18H2,1-2H3,(H,44,49)(H,45,48)/t23-,24+/m1/s1. The number of hydrogen-bond donors (Lipinski definition) is 6. The average molecular weight is 774 g/mol. The van der Waals surface area contributed by atoms with Gasteiger partial charge in [0.1, 0.15) is 22.9 Å². The first-order valence-electron chi connectivity index (χ1n) is 17.1. The molecule has 0 spiro atoms. The summed E-state index contributed by atoms with van der Waals surface area (Å²) in [4.78, 5) is 2.16. The molecule has 6 rings (SSSR count). The van der Waals surface area contributed by atoms with Crippen LogP contribution in [-0.2, 0) is 19.0 Å². The first-order valence-corrected chi connectivity index (χ1v) is 17.1. The molecule has 1 saturated heterocycles. The maximum atomic E-state index is 14.1. The van der Waals surface area contributed by atoms with Crippen LogP contribution in [0, 0.1) is 6.92 Å². The van der Waals surface area contributed by atoms with Crippen molar-refractivity contribution in [3.8, 4) is 39.8 Å². The zero-order chi connectivity index (χ0) is 39.7. The summed E-state index contributed by atoms with van der Waals surface area (Å²) in [5, 5.41) is 63.6. The van der Waals surface area contributed by atoms with Crippen LogP contribution >= 0.6 is 0 Å². The van der Waals surface area contributed by atoms with Crippen molar-refractivity contribution in [3.05, 3.63) is 76.9 Å². The number of aromatic hydroxyl groups is 1. The van der Waals surface area contributed by atoms with Gasteiger partial charge < -0.3 is 40.7 Å². The van der Waals surface area contributed by atoms with E-state index in [0.29, 0.717) is 17.4 Å². The molecule has 6 N–H and O–H groups in total. The van der Waals surface area contributed by atoms with E-state index in [0.717, 1.165) is 50.2 Å². The molecular weight excluding hydrogens is 736 g/mol. The molecule has 2 atom stereocenters. The number of aliphatic hydroxyl groups is 3. The van der Waals surface area contributed by atoms with Crippen LogP contribution < -0.4 is 15.4 Å². The number of rotatable bonds is 11. The first kappa shape index (κ1) is 39.4. The topological polar surface area (TPSA) is 169 Å². The number of phenols is 1. The lowest BCUT2D eigenvalue weighted by Gasteiger charge is -2.30. The van der Waals surface area contributed by atoms with Gasteiger partial charge in [0.2, 0.25) is 0 Å². The van der Waals surface area contributed by atoms with Crippen LogP contribution in [0.2, 0.25) is 0 Å². The second-order valence-electron chi connectivity index (χ2n) is 13.3. The Hall–Kier alpha value is -5.30. The summed E-state index contributed by atoms with van der Waals surface area (Å²) in [5.41, 5.74) is -1.43. The third kappa shape index (κ3) is 8.83. The number of aromatic nitrogens is 4. The summed E-state index contributed by atoms with van der Waals surface area (Å²) < 4.78 is 88.6. The van der Waals surface area contributed by atoms with Gasteiger partial charge in [-0.05, 0) is 93.5 Å². The highest BCUT2D eigenvalue weighted by atomic mass is 19.4. The van der Waals surface area contributed by atoms with Gasteiger partial charge >= 0.3 is 12.4 Å². The second-order valence-corrected chi connectivity index (χ2v) is 13.3. The number of halogens is 6. The van der Waals surface area contributed by atoms with Crippen LogP contribution in [-0.4, -0.2) is 91.2 Å². The van der Waals surface area contributed by atoms with Crippen LogP contribution in [0.25, 0.3) is 33.3 Å². The molecule has 3 heterocycles. The van der Waals surface area contributed by atoms with E-state index in [1.807, 2.05) is 7.05 Å². The van der Waals surface area contributed by atoms with Crippen LogP contribution in [0.3, 0.4) is 0 Å². The fourth-order valence-electron chi connectivity index (χ4n) is 6.44. The van der Waals surface area contributed by atoms with Gasteiger partial charge in [0.05, 0.1) is 36.1 Å². The van der Waals surface area contributed by atoms with Crippen molar-refractivity contribution in [1.82, 2.24) is 25.3 Å². The van der Waals surface area contributed by atoms with E-state index in [-0.39, 0.29) is 68.8 Å². The Bertz CT molecular complexity index is 2190. The number of ether oxygens (including phenoxy) is 1. The Kier molecular flexibility index (Phi) is 11.3. The molecule has 0 saturated carbocycles. The predicted octanol–water partition coefficient (Wildman–Crippen LogP) is 6.36. The maximum Gasteiger partial charge on any atom is 0.416 e. The van der Waals surface area contributed by atoms with Crippen LogP contribution in [0.5, 0.6) is 17.2 Å². The maximum absolute atomic E-state index is 14.1. The number of likely N-dealkylation sites (N-methyl/N-ethyl adjacent to an activating group) is 1. The summed E-state index contributed by atoms with van der Waals surface area (Å²) >= 11 is 0. The smallest absolute Gasteiger partial charge is 0.416 e. The number of anilines is 2. The Labute approximate surface area is 310 Å². The van der Waals surface area contributed by atoms with E-state index in [9.17, 15) is 46.8 Å². The molecule has 0 amide bonds. The van der Waals surface area contributed by atoms with E-state index in [1.165, 1.54) is 31.2 Å². The van der Waals surface area contributed by atoms with Crippen molar-refractivity contribution in [1.29, 1.82) is 0 Å². The van der Waals surface area contributed by atoms with E-state index in [2.05, 4.69) is 35.9 Å². The fraction of sp³-hybridized carbons (Fsp3) is 0.351. The van der Waals surface area contributed by atoms with Gasteiger partial charge in [0.25, 0.3) is 0 Å². The molecule has 2 aromatic heterocycles. The van der Waals surface area contributed by atoms with Gasteiger partial charge in [-0.1, -0.05) is 0 Å². The molecule has 12 nitrogen and oxygen atoms in total. The van der Waals surface area contributed by atoms with E-state index >= 15 is 0 Å². The van der Waals surface area contributed by atoms with Gasteiger partial charge in [-0.15, -0.1) is 20.4 Å². The molecule has 0 bridgehead atoms. The van der Waals surface area contributed by atoms with Gasteiger partial charge in [-0.25, -0.2) is 0 Å².